The summed E-state index contributed by atoms with van der Waals surface area (Å²) in [7, 11) is 0. The topological polar surface area (TPSA) is 115 Å². The van der Waals surface area contributed by atoms with E-state index in [4.69, 9.17) is 5.73 Å². The number of carbonyl (C=O) groups excluding carboxylic acids is 1. The van der Waals surface area contributed by atoms with Crippen LogP contribution in [0.4, 0.5) is 0 Å². The lowest BCUT2D eigenvalue weighted by Gasteiger charge is -1.91. The maximum Gasteiger partial charge on any atom is 0.250 e. The Kier molecular flexibility index (Phi) is 3.26. The summed E-state index contributed by atoms with van der Waals surface area (Å²) in [6, 6.07) is 3.29. The van der Waals surface area contributed by atoms with Gasteiger partial charge < -0.3 is 10.7 Å². The van der Waals surface area contributed by atoms with Gasteiger partial charge in [-0.1, -0.05) is 0 Å². The van der Waals surface area contributed by atoms with Crippen LogP contribution in [-0.2, 0) is 0 Å². The maximum absolute atomic E-state index is 10.4. The molecule has 104 valence electrons. The van der Waals surface area contributed by atoms with Crippen molar-refractivity contribution in [1.82, 2.24) is 29.3 Å². The Labute approximate surface area is 118 Å². The van der Waals surface area contributed by atoms with Gasteiger partial charge in [0.25, 0.3) is 0 Å². The van der Waals surface area contributed by atoms with Gasteiger partial charge in [-0.15, -0.1) is 0 Å². The van der Waals surface area contributed by atoms with Gasteiger partial charge in [-0.05, 0) is 12.1 Å². The third-order valence-electron chi connectivity index (χ3n) is 2.76. The molecule has 4 heterocycles. The summed E-state index contributed by atoms with van der Waals surface area (Å²) >= 11 is 0. The molecule has 21 heavy (non-hydrogen) atoms. The standard InChI is InChI=1S/C7H5N5.C6H6N2O/c1-2-12-4-11-6-5(7(12)8-1)9-3-10-6;7-6(9)5-2-1-3-8-4-5/h1-4H,(H,9,10);1-4H,(H2,7,9). The number of aromatic nitrogens is 6. The second-order valence-corrected chi connectivity index (χ2v) is 4.11. The van der Waals surface area contributed by atoms with E-state index < -0.39 is 5.91 Å². The van der Waals surface area contributed by atoms with Gasteiger partial charge in [0, 0.05) is 24.8 Å². The zero-order valence-corrected chi connectivity index (χ0v) is 10.8. The van der Waals surface area contributed by atoms with Crippen molar-refractivity contribution in [2.75, 3.05) is 0 Å². The second-order valence-electron chi connectivity index (χ2n) is 4.11. The molecule has 0 unspecified atom stereocenters. The number of primary amides is 1. The Bertz CT molecular complexity index is 831. The Morgan fingerprint density at radius 1 is 1.24 bits per heavy atom. The van der Waals surface area contributed by atoms with Gasteiger partial charge in [0.15, 0.2) is 11.3 Å². The summed E-state index contributed by atoms with van der Waals surface area (Å²) in [5.74, 6) is -0.442. The lowest BCUT2D eigenvalue weighted by atomic mass is 10.3. The van der Waals surface area contributed by atoms with E-state index >= 15 is 0 Å². The first-order valence-corrected chi connectivity index (χ1v) is 6.06. The first-order valence-electron chi connectivity index (χ1n) is 6.06. The Balaban J connectivity index is 0.000000133. The van der Waals surface area contributed by atoms with Crippen LogP contribution in [-0.4, -0.2) is 35.2 Å². The number of fused-ring (bicyclic) bond motifs is 3. The summed E-state index contributed by atoms with van der Waals surface area (Å²) in [6.45, 7) is 0. The SMILES string of the molecule is NC(=O)c1cccnc1.c1cn2cnc3nc[nH]c3c2n1. The lowest BCUT2D eigenvalue weighted by molar-refractivity contribution is 0.1000. The number of nitrogens with one attached hydrogen (secondary N) is 1. The van der Waals surface area contributed by atoms with E-state index in [1.54, 1.807) is 37.2 Å². The molecule has 0 aliphatic rings. The van der Waals surface area contributed by atoms with Gasteiger partial charge in [-0.25, -0.2) is 15.0 Å². The van der Waals surface area contributed by atoms with Gasteiger partial charge in [0.1, 0.15) is 11.8 Å². The van der Waals surface area contributed by atoms with Crippen molar-refractivity contribution in [3.05, 3.63) is 55.1 Å². The summed E-state index contributed by atoms with van der Waals surface area (Å²) in [4.78, 5) is 29.4. The van der Waals surface area contributed by atoms with E-state index in [1.807, 2.05) is 10.6 Å². The number of amides is 1. The molecular formula is C13H11N7O. The quantitative estimate of drug-likeness (QED) is 0.535. The summed E-state index contributed by atoms with van der Waals surface area (Å²) in [6.07, 6.45) is 9.92. The molecule has 8 nitrogen and oxygen atoms in total. The number of rotatable bonds is 1. The molecule has 0 bridgehead atoms. The largest absolute Gasteiger partial charge is 0.366 e. The summed E-state index contributed by atoms with van der Waals surface area (Å²) in [5, 5.41) is 0. The fourth-order valence-electron chi connectivity index (χ4n) is 1.77. The molecule has 4 aromatic heterocycles. The van der Waals surface area contributed by atoms with Crippen molar-refractivity contribution in [2.24, 2.45) is 5.73 Å². The number of imidazole rings is 2. The molecule has 4 aromatic rings. The van der Waals surface area contributed by atoms with Crippen LogP contribution in [0.2, 0.25) is 0 Å². The van der Waals surface area contributed by atoms with Crippen LogP contribution in [0.1, 0.15) is 10.4 Å². The Morgan fingerprint density at radius 2 is 2.14 bits per heavy atom. The van der Waals surface area contributed by atoms with Crippen LogP contribution < -0.4 is 5.73 Å². The lowest BCUT2D eigenvalue weighted by Crippen LogP contribution is -2.10. The van der Waals surface area contributed by atoms with E-state index in [-0.39, 0.29) is 0 Å². The minimum atomic E-state index is -0.442. The van der Waals surface area contributed by atoms with Gasteiger partial charge in [-0.3, -0.25) is 14.2 Å². The number of hydrogen-bond acceptors (Lipinski definition) is 5. The van der Waals surface area contributed by atoms with Crippen molar-refractivity contribution in [1.29, 1.82) is 0 Å². The fraction of sp³-hybridized carbons (Fsp3) is 0. The average molecular weight is 281 g/mol. The Hall–Kier alpha value is -3.29. The minimum absolute atomic E-state index is 0.442. The molecule has 4 rings (SSSR count). The van der Waals surface area contributed by atoms with E-state index in [0.717, 1.165) is 11.2 Å². The van der Waals surface area contributed by atoms with Gasteiger partial charge in [0.05, 0.1) is 11.9 Å². The van der Waals surface area contributed by atoms with Crippen molar-refractivity contribution in [2.45, 2.75) is 0 Å². The molecule has 0 spiro atoms. The zero-order valence-electron chi connectivity index (χ0n) is 10.8. The van der Waals surface area contributed by atoms with Crippen LogP contribution in [0.15, 0.2) is 49.6 Å². The number of nitrogens with zero attached hydrogens (tertiary/aromatic N) is 5. The molecule has 0 atom stereocenters. The highest BCUT2D eigenvalue weighted by Gasteiger charge is 2.02. The van der Waals surface area contributed by atoms with E-state index in [2.05, 4.69) is 24.9 Å². The average Bonchev–Trinajstić information content (AvgIpc) is 3.16. The fourth-order valence-corrected chi connectivity index (χ4v) is 1.77. The summed E-state index contributed by atoms with van der Waals surface area (Å²) < 4.78 is 1.85. The maximum atomic E-state index is 10.4. The van der Waals surface area contributed by atoms with Crippen LogP contribution in [0, 0.1) is 0 Å². The second kappa shape index (κ2) is 5.37. The van der Waals surface area contributed by atoms with Gasteiger partial charge in [0.2, 0.25) is 5.91 Å². The van der Waals surface area contributed by atoms with Gasteiger partial charge in [-0.2, -0.15) is 0 Å². The first-order chi connectivity index (χ1) is 10.3. The molecule has 1 amide bonds. The normalized spacial score (nSPS) is 10.3. The van der Waals surface area contributed by atoms with Crippen LogP contribution >= 0.6 is 0 Å². The van der Waals surface area contributed by atoms with E-state index in [1.165, 1.54) is 6.20 Å². The molecule has 0 saturated carbocycles. The first kappa shape index (κ1) is 12.7. The van der Waals surface area contributed by atoms with Crippen molar-refractivity contribution >= 4 is 22.7 Å². The number of pyridine rings is 1. The zero-order chi connectivity index (χ0) is 14.7. The molecule has 3 N–H and O–H groups in total. The van der Waals surface area contributed by atoms with Crippen LogP contribution in [0.5, 0.6) is 0 Å². The van der Waals surface area contributed by atoms with E-state index in [0.29, 0.717) is 11.2 Å². The summed E-state index contributed by atoms with van der Waals surface area (Å²) in [5.41, 5.74) is 7.82. The van der Waals surface area contributed by atoms with Crippen LogP contribution in [0.3, 0.4) is 0 Å². The molecule has 0 fully saturated rings. The number of nitrogens with two attached hydrogens (primary N) is 1. The number of H-pyrrole nitrogens is 1. The van der Waals surface area contributed by atoms with Crippen molar-refractivity contribution < 1.29 is 4.79 Å². The molecule has 0 saturated heterocycles. The van der Waals surface area contributed by atoms with Crippen molar-refractivity contribution in [3.8, 4) is 0 Å². The third kappa shape index (κ3) is 2.54. The number of aromatic amines is 1. The minimum Gasteiger partial charge on any atom is -0.366 e. The highest BCUT2D eigenvalue weighted by Crippen LogP contribution is 2.10. The molecule has 0 radical (unpaired) electrons. The number of hydrogen-bond donors (Lipinski definition) is 2. The Morgan fingerprint density at radius 3 is 2.86 bits per heavy atom. The predicted molar refractivity (Wildman–Crippen MR) is 75.4 cm³/mol. The number of carbonyl (C=O) groups is 1. The van der Waals surface area contributed by atoms with E-state index in [9.17, 15) is 4.79 Å². The van der Waals surface area contributed by atoms with Crippen molar-refractivity contribution in [3.63, 3.8) is 0 Å². The molecule has 8 heteroatoms. The van der Waals surface area contributed by atoms with Crippen LogP contribution in [0.25, 0.3) is 16.8 Å². The highest BCUT2D eigenvalue weighted by atomic mass is 16.1. The highest BCUT2D eigenvalue weighted by molar-refractivity contribution is 5.92. The molecule has 0 aliphatic carbocycles. The monoisotopic (exact) mass is 281 g/mol. The third-order valence-corrected chi connectivity index (χ3v) is 2.76. The molecular weight excluding hydrogens is 270 g/mol. The predicted octanol–water partition coefficient (Wildman–Crippen LogP) is 0.786. The van der Waals surface area contributed by atoms with Gasteiger partial charge >= 0.3 is 0 Å². The smallest absolute Gasteiger partial charge is 0.250 e. The molecule has 0 aliphatic heterocycles. The molecule has 0 aromatic carbocycles.